The quantitative estimate of drug-likeness (QED) is 0.795. The van der Waals surface area contributed by atoms with E-state index in [4.69, 9.17) is 10.5 Å². The van der Waals surface area contributed by atoms with E-state index in [-0.39, 0.29) is 6.04 Å². The molecule has 5 heteroatoms. The topological polar surface area (TPSA) is 52.5 Å². The third-order valence-electron chi connectivity index (χ3n) is 2.94. The zero-order valence-corrected chi connectivity index (χ0v) is 11.4. The van der Waals surface area contributed by atoms with Crippen LogP contribution in [0.5, 0.6) is 5.75 Å². The average Bonchev–Trinajstić information content (AvgIpc) is 2.97. The molecule has 2 N–H and O–H groups in total. The molecule has 19 heavy (non-hydrogen) atoms. The van der Waals surface area contributed by atoms with Crippen molar-refractivity contribution in [2.45, 2.75) is 19.6 Å². The third-order valence-corrected chi connectivity index (χ3v) is 3.71. The summed E-state index contributed by atoms with van der Waals surface area (Å²) in [5.74, 6) is 0.834. The first-order valence-corrected chi connectivity index (χ1v) is 7.00. The van der Waals surface area contributed by atoms with E-state index in [1.54, 1.807) is 11.3 Å². The van der Waals surface area contributed by atoms with Gasteiger partial charge in [0.1, 0.15) is 12.4 Å². The number of nitrogens with zero attached hydrogens (tertiary/aromatic N) is 2. The number of nitrogens with two attached hydrogens (primary N) is 1. The van der Waals surface area contributed by atoms with Gasteiger partial charge in [-0.25, -0.2) is 4.98 Å². The van der Waals surface area contributed by atoms with Gasteiger partial charge in [0, 0.05) is 23.8 Å². The van der Waals surface area contributed by atoms with Crippen LogP contribution in [0.25, 0.3) is 4.96 Å². The van der Waals surface area contributed by atoms with Crippen LogP contribution in [0, 0.1) is 0 Å². The molecule has 4 nitrogen and oxygen atoms in total. The van der Waals surface area contributed by atoms with Crippen molar-refractivity contribution in [3.05, 3.63) is 53.3 Å². The highest BCUT2D eigenvalue weighted by Gasteiger charge is 2.04. The highest BCUT2D eigenvalue weighted by atomic mass is 32.1. The van der Waals surface area contributed by atoms with E-state index >= 15 is 0 Å². The number of ether oxygens (including phenoxy) is 1. The maximum Gasteiger partial charge on any atom is 0.193 e. The summed E-state index contributed by atoms with van der Waals surface area (Å²) in [7, 11) is 0. The maximum atomic E-state index is 5.81. The molecule has 0 aliphatic carbocycles. The molecular formula is C14H15N3OS. The molecule has 0 saturated carbocycles. The lowest BCUT2D eigenvalue weighted by Crippen LogP contribution is -2.04. The molecule has 1 atom stereocenters. The van der Waals surface area contributed by atoms with Crippen LogP contribution in [0.1, 0.15) is 24.2 Å². The first-order chi connectivity index (χ1) is 9.22. The van der Waals surface area contributed by atoms with Gasteiger partial charge < -0.3 is 10.5 Å². The zero-order valence-electron chi connectivity index (χ0n) is 10.6. The number of fused-ring (bicyclic) bond motifs is 1. The molecule has 0 radical (unpaired) electrons. The van der Waals surface area contributed by atoms with E-state index in [0.29, 0.717) is 6.61 Å². The van der Waals surface area contributed by atoms with E-state index in [2.05, 4.69) is 4.98 Å². The Morgan fingerprint density at radius 1 is 1.37 bits per heavy atom. The summed E-state index contributed by atoms with van der Waals surface area (Å²) in [6, 6.07) is 7.92. The van der Waals surface area contributed by atoms with Gasteiger partial charge in [0.25, 0.3) is 0 Å². The Balaban J connectivity index is 1.67. The molecule has 0 bridgehead atoms. The second-order valence-electron chi connectivity index (χ2n) is 4.47. The normalized spacial score (nSPS) is 12.7. The molecule has 2 heterocycles. The second-order valence-corrected chi connectivity index (χ2v) is 5.34. The Hall–Kier alpha value is -1.85. The maximum absolute atomic E-state index is 5.81. The molecule has 0 aliphatic rings. The molecule has 0 aliphatic heterocycles. The van der Waals surface area contributed by atoms with Gasteiger partial charge in [0.15, 0.2) is 4.96 Å². The predicted octanol–water partition coefficient (Wildman–Crippen LogP) is 2.99. The van der Waals surface area contributed by atoms with Crippen molar-refractivity contribution >= 4 is 16.3 Å². The summed E-state index contributed by atoms with van der Waals surface area (Å²) in [6.07, 6.45) is 3.98. The monoisotopic (exact) mass is 273 g/mol. The van der Waals surface area contributed by atoms with E-state index < -0.39 is 0 Å². The number of benzene rings is 1. The summed E-state index contributed by atoms with van der Waals surface area (Å²) >= 11 is 1.62. The van der Waals surface area contributed by atoms with Gasteiger partial charge in [-0.15, -0.1) is 11.3 Å². The van der Waals surface area contributed by atoms with Gasteiger partial charge in [-0.2, -0.15) is 0 Å². The van der Waals surface area contributed by atoms with Crippen molar-refractivity contribution < 1.29 is 4.74 Å². The van der Waals surface area contributed by atoms with Crippen LogP contribution >= 0.6 is 11.3 Å². The Bertz CT molecular complexity index is 641. The standard InChI is InChI=1S/C14H15N3OS/c1-10(15)11-2-4-13(5-3-11)18-9-12-8-17-6-7-19-14(17)16-12/h2-8,10H,9,15H2,1H3/t10-/m1/s1. The highest BCUT2D eigenvalue weighted by molar-refractivity contribution is 7.15. The van der Waals surface area contributed by atoms with Gasteiger partial charge in [0.05, 0.1) is 5.69 Å². The number of thiazole rings is 1. The lowest BCUT2D eigenvalue weighted by atomic mass is 10.1. The van der Waals surface area contributed by atoms with E-state index in [0.717, 1.165) is 22.0 Å². The number of hydrogen-bond donors (Lipinski definition) is 1. The Morgan fingerprint density at radius 3 is 2.84 bits per heavy atom. The fourth-order valence-corrected chi connectivity index (χ4v) is 2.59. The van der Waals surface area contributed by atoms with E-state index in [1.807, 2.05) is 53.4 Å². The van der Waals surface area contributed by atoms with Crippen molar-refractivity contribution in [2.75, 3.05) is 0 Å². The van der Waals surface area contributed by atoms with Gasteiger partial charge >= 0.3 is 0 Å². The van der Waals surface area contributed by atoms with Crippen molar-refractivity contribution in [1.29, 1.82) is 0 Å². The van der Waals surface area contributed by atoms with Crippen LogP contribution in [0.15, 0.2) is 42.0 Å². The number of aromatic nitrogens is 2. The van der Waals surface area contributed by atoms with Gasteiger partial charge in [-0.1, -0.05) is 12.1 Å². The summed E-state index contributed by atoms with van der Waals surface area (Å²) in [5.41, 5.74) is 7.85. The fourth-order valence-electron chi connectivity index (χ4n) is 1.87. The molecule has 3 rings (SSSR count). The van der Waals surface area contributed by atoms with Gasteiger partial charge in [0.2, 0.25) is 0 Å². The molecule has 0 amide bonds. The minimum absolute atomic E-state index is 0.0500. The van der Waals surface area contributed by atoms with Crippen LogP contribution < -0.4 is 10.5 Å². The Kier molecular flexibility index (Phi) is 3.23. The zero-order chi connectivity index (χ0) is 13.2. The lowest BCUT2D eigenvalue weighted by molar-refractivity contribution is 0.302. The van der Waals surface area contributed by atoms with E-state index in [9.17, 15) is 0 Å². The second kappa shape index (κ2) is 5.03. The molecule has 0 spiro atoms. The predicted molar refractivity (Wildman–Crippen MR) is 76.4 cm³/mol. The van der Waals surface area contributed by atoms with Crippen LogP contribution in [0.3, 0.4) is 0 Å². The summed E-state index contributed by atoms with van der Waals surface area (Å²) in [5, 5.41) is 2.01. The third kappa shape index (κ3) is 2.62. The minimum Gasteiger partial charge on any atom is -0.487 e. The van der Waals surface area contributed by atoms with Gasteiger partial charge in [-0.3, -0.25) is 4.40 Å². The van der Waals surface area contributed by atoms with Crippen molar-refractivity contribution in [2.24, 2.45) is 5.73 Å². The Morgan fingerprint density at radius 2 is 2.16 bits per heavy atom. The minimum atomic E-state index is 0.0500. The average molecular weight is 273 g/mol. The van der Waals surface area contributed by atoms with Crippen molar-refractivity contribution in [3.8, 4) is 5.75 Å². The van der Waals surface area contributed by atoms with E-state index in [1.165, 1.54) is 0 Å². The molecule has 2 aromatic heterocycles. The molecule has 0 fully saturated rings. The summed E-state index contributed by atoms with van der Waals surface area (Å²) < 4.78 is 7.72. The van der Waals surface area contributed by atoms with Crippen molar-refractivity contribution in [1.82, 2.24) is 9.38 Å². The first-order valence-electron chi connectivity index (χ1n) is 6.12. The first kappa shape index (κ1) is 12.2. The molecule has 98 valence electrons. The number of imidazole rings is 1. The van der Waals surface area contributed by atoms with Crippen molar-refractivity contribution in [3.63, 3.8) is 0 Å². The van der Waals surface area contributed by atoms with Crippen LogP contribution in [-0.2, 0) is 6.61 Å². The van der Waals surface area contributed by atoms with Crippen LogP contribution in [-0.4, -0.2) is 9.38 Å². The fraction of sp³-hybridized carbons (Fsp3) is 0.214. The highest BCUT2D eigenvalue weighted by Crippen LogP contribution is 2.18. The number of hydrogen-bond acceptors (Lipinski definition) is 4. The smallest absolute Gasteiger partial charge is 0.193 e. The molecule has 3 aromatic rings. The molecule has 0 unspecified atom stereocenters. The van der Waals surface area contributed by atoms with Crippen LogP contribution in [0.2, 0.25) is 0 Å². The summed E-state index contributed by atoms with van der Waals surface area (Å²) in [6.45, 7) is 2.44. The molecule has 1 aromatic carbocycles. The lowest BCUT2D eigenvalue weighted by Gasteiger charge is -2.07. The number of rotatable bonds is 4. The Labute approximate surface area is 115 Å². The van der Waals surface area contributed by atoms with Crippen LogP contribution in [0.4, 0.5) is 0 Å². The summed E-state index contributed by atoms with van der Waals surface area (Å²) in [4.78, 5) is 5.46. The SMILES string of the molecule is C[C@@H](N)c1ccc(OCc2cn3ccsc3n2)cc1. The molecule has 0 saturated heterocycles. The van der Waals surface area contributed by atoms with Gasteiger partial charge in [-0.05, 0) is 24.6 Å². The largest absolute Gasteiger partial charge is 0.487 e. The molecular weight excluding hydrogens is 258 g/mol.